The van der Waals surface area contributed by atoms with Gasteiger partial charge in [-0.15, -0.1) is 11.8 Å². The van der Waals surface area contributed by atoms with E-state index in [1.54, 1.807) is 12.1 Å². The Balaban J connectivity index is 1.81. The molecule has 2 heterocycles. The molecule has 0 saturated carbocycles. The molecule has 0 bridgehead atoms. The number of hydrogen-bond acceptors (Lipinski definition) is 4. The second kappa shape index (κ2) is 6.47. The van der Waals surface area contributed by atoms with Gasteiger partial charge in [-0.25, -0.2) is 9.37 Å². The largest absolute Gasteiger partial charge is 0.302 e. The van der Waals surface area contributed by atoms with E-state index in [9.17, 15) is 9.65 Å². The molecule has 0 amide bonds. The zero-order chi connectivity index (χ0) is 15.5. The van der Waals surface area contributed by atoms with Gasteiger partial charge in [-0.05, 0) is 36.4 Å². The van der Waals surface area contributed by atoms with Crippen LogP contribution in [-0.2, 0) is 18.7 Å². The Hall–Kier alpha value is -1.90. The Bertz CT molecular complexity index is 722. The van der Waals surface area contributed by atoms with Gasteiger partial charge in [0.15, 0.2) is 0 Å². The molecule has 5 heteroatoms. The van der Waals surface area contributed by atoms with Crippen molar-refractivity contribution in [1.82, 2.24) is 9.88 Å². The van der Waals surface area contributed by atoms with Gasteiger partial charge >= 0.3 is 0 Å². The molecule has 0 N–H and O–H groups in total. The van der Waals surface area contributed by atoms with E-state index >= 15 is 0 Å². The minimum atomic E-state index is -0.234. The zero-order valence-corrected chi connectivity index (χ0v) is 13.2. The Labute approximate surface area is 133 Å². The van der Waals surface area contributed by atoms with Crippen LogP contribution in [0.3, 0.4) is 0 Å². The number of fused-ring (bicyclic) bond motifs is 1. The number of benzene rings is 1. The molecule has 112 valence electrons. The van der Waals surface area contributed by atoms with Gasteiger partial charge in [0.25, 0.3) is 0 Å². The molecule has 0 atom stereocenters. The smallest absolute Gasteiger partial charge is 0.123 e. The Morgan fingerprint density at radius 1 is 1.36 bits per heavy atom. The lowest BCUT2D eigenvalue weighted by Gasteiger charge is -2.24. The lowest BCUT2D eigenvalue weighted by atomic mass is 10.0. The highest BCUT2D eigenvalue weighted by atomic mass is 32.2. The van der Waals surface area contributed by atoms with Crippen LogP contribution in [0, 0.1) is 17.1 Å². The van der Waals surface area contributed by atoms with Gasteiger partial charge in [0, 0.05) is 31.0 Å². The number of rotatable bonds is 3. The molecular weight excluding hydrogens is 297 g/mol. The highest BCUT2D eigenvalue weighted by Gasteiger charge is 2.18. The maximum atomic E-state index is 12.9. The average Bonchev–Trinajstić information content (AvgIpc) is 2.53. The fourth-order valence-electron chi connectivity index (χ4n) is 2.52. The predicted molar refractivity (Wildman–Crippen MR) is 85.0 cm³/mol. The summed E-state index contributed by atoms with van der Waals surface area (Å²) in [6.07, 6.45) is 0.918. The summed E-state index contributed by atoms with van der Waals surface area (Å²) in [5, 5.41) is 10.1. The molecule has 0 fully saturated rings. The van der Waals surface area contributed by atoms with Gasteiger partial charge in [0.1, 0.15) is 16.9 Å². The summed E-state index contributed by atoms with van der Waals surface area (Å²) in [4.78, 5) is 6.92. The van der Waals surface area contributed by atoms with Crippen LogP contribution in [0.2, 0.25) is 0 Å². The van der Waals surface area contributed by atoms with Crippen molar-refractivity contribution in [3.63, 3.8) is 0 Å². The Morgan fingerprint density at radius 2 is 2.14 bits per heavy atom. The second-order valence-electron chi connectivity index (χ2n) is 5.46. The third kappa shape index (κ3) is 3.29. The van der Waals surface area contributed by atoms with E-state index in [0.29, 0.717) is 11.3 Å². The highest BCUT2D eigenvalue weighted by molar-refractivity contribution is 7.98. The standard InChI is InChI=1S/C17H16FN3S/c1-21-7-6-16-14(10-21)8-13(9-19)17(20-16)22-11-12-2-4-15(18)5-3-12/h2-5,8H,6-7,10-11H2,1H3. The van der Waals surface area contributed by atoms with Crippen molar-refractivity contribution in [2.45, 2.75) is 23.7 Å². The van der Waals surface area contributed by atoms with E-state index in [2.05, 4.69) is 18.0 Å². The van der Waals surface area contributed by atoms with Crippen molar-refractivity contribution < 1.29 is 4.39 Å². The maximum Gasteiger partial charge on any atom is 0.123 e. The third-order valence-electron chi connectivity index (χ3n) is 3.74. The Morgan fingerprint density at radius 3 is 2.86 bits per heavy atom. The molecule has 0 radical (unpaired) electrons. The van der Waals surface area contributed by atoms with E-state index in [4.69, 9.17) is 4.98 Å². The number of thioether (sulfide) groups is 1. The molecule has 0 aliphatic carbocycles. The molecule has 0 spiro atoms. The number of halogens is 1. The molecule has 3 nitrogen and oxygen atoms in total. The topological polar surface area (TPSA) is 39.9 Å². The normalized spacial score (nSPS) is 14.4. The van der Waals surface area contributed by atoms with Crippen molar-refractivity contribution in [3.8, 4) is 6.07 Å². The van der Waals surface area contributed by atoms with Crippen molar-refractivity contribution in [2.24, 2.45) is 0 Å². The van der Waals surface area contributed by atoms with E-state index in [1.165, 1.54) is 23.9 Å². The summed E-state index contributed by atoms with van der Waals surface area (Å²) < 4.78 is 12.9. The number of likely N-dealkylation sites (N-methyl/N-ethyl adjacent to an activating group) is 1. The van der Waals surface area contributed by atoms with Crippen LogP contribution in [0.4, 0.5) is 4.39 Å². The first kappa shape index (κ1) is 15.0. The number of nitriles is 1. The zero-order valence-electron chi connectivity index (χ0n) is 12.3. The molecule has 1 aliphatic heterocycles. The van der Waals surface area contributed by atoms with Crippen LogP contribution in [-0.4, -0.2) is 23.5 Å². The summed E-state index contributed by atoms with van der Waals surface area (Å²) in [5.74, 6) is 0.447. The second-order valence-corrected chi connectivity index (χ2v) is 6.43. The number of hydrogen-bond donors (Lipinski definition) is 0. The monoisotopic (exact) mass is 313 g/mol. The van der Waals surface area contributed by atoms with Gasteiger partial charge in [0.05, 0.1) is 5.56 Å². The van der Waals surface area contributed by atoms with Gasteiger partial charge in [0.2, 0.25) is 0 Å². The fourth-order valence-corrected chi connectivity index (χ4v) is 3.45. The van der Waals surface area contributed by atoms with Crippen molar-refractivity contribution in [2.75, 3.05) is 13.6 Å². The Kier molecular flexibility index (Phi) is 4.41. The van der Waals surface area contributed by atoms with Crippen molar-refractivity contribution >= 4 is 11.8 Å². The van der Waals surface area contributed by atoms with Crippen LogP contribution in [0.5, 0.6) is 0 Å². The highest BCUT2D eigenvalue weighted by Crippen LogP contribution is 2.28. The van der Waals surface area contributed by atoms with E-state index < -0.39 is 0 Å². The van der Waals surface area contributed by atoms with Gasteiger partial charge < -0.3 is 4.90 Å². The van der Waals surface area contributed by atoms with Crippen LogP contribution in [0.25, 0.3) is 0 Å². The average molecular weight is 313 g/mol. The lowest BCUT2D eigenvalue weighted by molar-refractivity contribution is 0.309. The maximum absolute atomic E-state index is 12.9. The fraction of sp³-hybridized carbons (Fsp3) is 0.294. The van der Waals surface area contributed by atoms with E-state index in [1.807, 2.05) is 6.07 Å². The molecule has 1 aliphatic rings. The first-order valence-electron chi connectivity index (χ1n) is 7.14. The minimum absolute atomic E-state index is 0.234. The first-order chi connectivity index (χ1) is 10.7. The third-order valence-corrected chi connectivity index (χ3v) is 4.80. The van der Waals surface area contributed by atoms with Crippen LogP contribution >= 0.6 is 11.8 Å². The van der Waals surface area contributed by atoms with E-state index in [-0.39, 0.29) is 5.82 Å². The summed E-state index contributed by atoms with van der Waals surface area (Å²) in [6.45, 7) is 1.84. The summed E-state index contributed by atoms with van der Waals surface area (Å²) >= 11 is 1.53. The van der Waals surface area contributed by atoms with Crippen LogP contribution in [0.15, 0.2) is 35.4 Å². The molecule has 0 unspecified atom stereocenters. The van der Waals surface area contributed by atoms with Gasteiger partial charge in [-0.3, -0.25) is 0 Å². The minimum Gasteiger partial charge on any atom is -0.302 e. The lowest BCUT2D eigenvalue weighted by Crippen LogP contribution is -2.27. The quantitative estimate of drug-likeness (QED) is 0.815. The molecule has 3 rings (SSSR count). The summed E-state index contributed by atoms with van der Waals surface area (Å²) in [6, 6.07) is 10.6. The van der Waals surface area contributed by atoms with Crippen molar-refractivity contribution in [1.29, 1.82) is 5.26 Å². The molecule has 2 aromatic rings. The summed E-state index contributed by atoms with van der Waals surface area (Å²) in [5.41, 5.74) is 3.89. The first-order valence-corrected chi connectivity index (χ1v) is 8.13. The number of aromatic nitrogens is 1. The number of pyridine rings is 1. The SMILES string of the molecule is CN1CCc2nc(SCc3ccc(F)cc3)c(C#N)cc2C1. The molecule has 22 heavy (non-hydrogen) atoms. The van der Waals surface area contributed by atoms with Crippen LogP contribution < -0.4 is 0 Å². The molecule has 0 saturated heterocycles. The summed E-state index contributed by atoms with van der Waals surface area (Å²) in [7, 11) is 2.08. The molecule has 1 aromatic carbocycles. The molecule has 1 aromatic heterocycles. The predicted octanol–water partition coefficient (Wildman–Crippen LogP) is 3.37. The van der Waals surface area contributed by atoms with Crippen molar-refractivity contribution in [3.05, 3.63) is 58.5 Å². The van der Waals surface area contributed by atoms with Gasteiger partial charge in [-0.2, -0.15) is 5.26 Å². The number of nitrogens with zero attached hydrogens (tertiary/aromatic N) is 3. The van der Waals surface area contributed by atoms with Crippen LogP contribution in [0.1, 0.15) is 22.4 Å². The molecular formula is C17H16FN3S. The van der Waals surface area contributed by atoms with E-state index in [0.717, 1.165) is 41.4 Å². The van der Waals surface area contributed by atoms with Gasteiger partial charge in [-0.1, -0.05) is 12.1 Å².